The Labute approximate surface area is 109 Å². The molecule has 0 spiro atoms. The number of hydrogen-bond acceptors (Lipinski definition) is 2. The van der Waals surface area contributed by atoms with E-state index in [9.17, 15) is 0 Å². The van der Waals surface area contributed by atoms with Crippen molar-refractivity contribution in [2.24, 2.45) is 5.92 Å². The van der Waals surface area contributed by atoms with Gasteiger partial charge in [0.05, 0.1) is 13.4 Å². The van der Waals surface area contributed by atoms with Crippen LogP contribution in [-0.4, -0.2) is 20.2 Å². The third-order valence-electron chi connectivity index (χ3n) is 3.13. The van der Waals surface area contributed by atoms with Crippen LogP contribution in [0.1, 0.15) is 18.4 Å². The van der Waals surface area contributed by atoms with Crippen molar-refractivity contribution in [1.82, 2.24) is 5.32 Å². The van der Waals surface area contributed by atoms with Gasteiger partial charge in [0.15, 0.2) is 0 Å². The Morgan fingerprint density at radius 1 is 1.24 bits per heavy atom. The van der Waals surface area contributed by atoms with Gasteiger partial charge in [0.2, 0.25) is 0 Å². The van der Waals surface area contributed by atoms with Gasteiger partial charge >= 0.3 is 0 Å². The van der Waals surface area contributed by atoms with Gasteiger partial charge in [-0.05, 0) is 43.0 Å². The number of ether oxygens (including phenoxy) is 1. The van der Waals surface area contributed by atoms with Crippen LogP contribution in [0.15, 0.2) is 36.6 Å². The van der Waals surface area contributed by atoms with Gasteiger partial charge in [-0.25, -0.2) is 0 Å². The number of allylic oxidation sites excluding steroid dienone is 1. The van der Waals surface area contributed by atoms with Crippen LogP contribution in [0, 0.1) is 5.92 Å². The van der Waals surface area contributed by atoms with Crippen molar-refractivity contribution in [2.45, 2.75) is 12.8 Å². The van der Waals surface area contributed by atoms with E-state index in [2.05, 4.69) is 35.6 Å². The molecule has 0 amide bonds. The molecule has 0 bridgehead atoms. The highest BCUT2D eigenvalue weighted by molar-refractivity contribution is 5.85. The van der Waals surface area contributed by atoms with E-state index < -0.39 is 0 Å². The molecule has 1 aliphatic rings. The van der Waals surface area contributed by atoms with Crippen LogP contribution in [0.2, 0.25) is 0 Å². The normalized spacial score (nSPS) is 17.4. The Morgan fingerprint density at radius 2 is 1.88 bits per heavy atom. The first-order chi connectivity index (χ1) is 7.92. The Kier molecular flexibility index (Phi) is 6.09. The molecule has 0 radical (unpaired) electrons. The summed E-state index contributed by atoms with van der Waals surface area (Å²) in [5.41, 5.74) is 2.63. The molecule has 0 saturated carbocycles. The molecule has 94 valence electrons. The van der Waals surface area contributed by atoms with Crippen LogP contribution < -0.4 is 5.32 Å². The minimum absolute atomic E-state index is 0. The average Bonchev–Trinajstić information content (AvgIpc) is 2.38. The molecular weight excluding hydrogens is 234 g/mol. The van der Waals surface area contributed by atoms with Crippen LogP contribution in [0.4, 0.5) is 0 Å². The smallest absolute Gasteiger partial charge is 0.0865 e. The van der Waals surface area contributed by atoms with Crippen LogP contribution >= 0.6 is 12.4 Å². The van der Waals surface area contributed by atoms with Crippen LogP contribution in [0.3, 0.4) is 0 Å². The molecule has 0 atom stereocenters. The maximum atomic E-state index is 5.23. The van der Waals surface area contributed by atoms with Gasteiger partial charge < -0.3 is 10.1 Å². The fourth-order valence-electron chi connectivity index (χ4n) is 2.29. The summed E-state index contributed by atoms with van der Waals surface area (Å²) in [5, 5.41) is 3.40. The maximum absolute atomic E-state index is 5.23. The lowest BCUT2D eigenvalue weighted by atomic mass is 9.86. The van der Waals surface area contributed by atoms with Crippen molar-refractivity contribution in [3.05, 3.63) is 42.2 Å². The van der Waals surface area contributed by atoms with E-state index in [0.717, 1.165) is 13.1 Å². The number of benzene rings is 1. The van der Waals surface area contributed by atoms with E-state index in [0.29, 0.717) is 5.92 Å². The summed E-state index contributed by atoms with van der Waals surface area (Å²) in [6, 6.07) is 10.5. The lowest BCUT2D eigenvalue weighted by molar-refractivity contribution is 0.333. The third kappa shape index (κ3) is 3.76. The molecule has 3 heteroatoms. The summed E-state index contributed by atoms with van der Waals surface area (Å²) >= 11 is 0. The first-order valence-corrected chi connectivity index (χ1v) is 5.91. The number of nitrogens with one attached hydrogen (secondary N) is 1. The van der Waals surface area contributed by atoms with Gasteiger partial charge in [-0.15, -0.1) is 12.4 Å². The highest BCUT2D eigenvalue weighted by atomic mass is 35.5. The van der Waals surface area contributed by atoms with Gasteiger partial charge in [-0.2, -0.15) is 0 Å². The Hall–Kier alpha value is -0.990. The van der Waals surface area contributed by atoms with E-state index in [4.69, 9.17) is 4.74 Å². The van der Waals surface area contributed by atoms with Gasteiger partial charge in [-0.3, -0.25) is 0 Å². The summed E-state index contributed by atoms with van der Waals surface area (Å²) in [5.74, 6) is 0.628. The molecule has 1 heterocycles. The highest BCUT2D eigenvalue weighted by Gasteiger charge is 2.18. The molecule has 1 aromatic rings. The molecule has 2 nitrogen and oxygen atoms in total. The first kappa shape index (κ1) is 14.1. The molecule has 1 aliphatic heterocycles. The van der Waals surface area contributed by atoms with E-state index >= 15 is 0 Å². The number of halogens is 1. The second-order valence-corrected chi connectivity index (χ2v) is 4.20. The summed E-state index contributed by atoms with van der Waals surface area (Å²) in [6.07, 6.45) is 4.31. The zero-order chi connectivity index (χ0) is 11.2. The Morgan fingerprint density at radius 3 is 2.47 bits per heavy atom. The molecule has 2 rings (SSSR count). The van der Waals surface area contributed by atoms with Crippen molar-refractivity contribution >= 4 is 18.0 Å². The van der Waals surface area contributed by atoms with Crippen LogP contribution in [-0.2, 0) is 4.74 Å². The number of hydrogen-bond donors (Lipinski definition) is 1. The molecule has 0 aromatic heterocycles. The number of piperidine rings is 1. The fraction of sp³-hybridized carbons (Fsp3) is 0.429. The minimum atomic E-state index is 0. The molecule has 1 N–H and O–H groups in total. The standard InChI is InChI=1S/C14H19NO.ClH/c1-16-11-14(12-5-3-2-4-6-12)13-7-9-15-10-8-13;/h2-6,11,13,15H,7-10H2,1H3;1H/b14-11-;. The van der Waals surface area contributed by atoms with Crippen LogP contribution in [0.25, 0.3) is 5.57 Å². The summed E-state index contributed by atoms with van der Waals surface area (Å²) in [4.78, 5) is 0. The Balaban J connectivity index is 0.00000144. The topological polar surface area (TPSA) is 21.3 Å². The van der Waals surface area contributed by atoms with Gasteiger partial charge in [-0.1, -0.05) is 30.3 Å². The predicted octanol–water partition coefficient (Wildman–Crippen LogP) is 3.10. The van der Waals surface area contributed by atoms with Crippen molar-refractivity contribution in [3.8, 4) is 0 Å². The van der Waals surface area contributed by atoms with Crippen molar-refractivity contribution < 1.29 is 4.74 Å². The van der Waals surface area contributed by atoms with Gasteiger partial charge in [0.1, 0.15) is 0 Å². The van der Waals surface area contributed by atoms with E-state index in [1.807, 2.05) is 6.26 Å². The van der Waals surface area contributed by atoms with E-state index in [1.54, 1.807) is 7.11 Å². The second kappa shape index (κ2) is 7.36. The average molecular weight is 254 g/mol. The molecule has 0 unspecified atom stereocenters. The SMILES string of the molecule is CO/C=C(/c1ccccc1)C1CCNCC1.Cl. The summed E-state index contributed by atoms with van der Waals surface area (Å²) in [7, 11) is 1.73. The van der Waals surface area contributed by atoms with Gasteiger partial charge in [0, 0.05) is 0 Å². The molecule has 17 heavy (non-hydrogen) atoms. The van der Waals surface area contributed by atoms with Crippen LogP contribution in [0.5, 0.6) is 0 Å². The fourth-order valence-corrected chi connectivity index (χ4v) is 2.29. The first-order valence-electron chi connectivity index (χ1n) is 5.91. The predicted molar refractivity (Wildman–Crippen MR) is 74.3 cm³/mol. The highest BCUT2D eigenvalue weighted by Crippen LogP contribution is 2.29. The molecular formula is C14H20ClNO. The molecule has 0 aliphatic carbocycles. The largest absolute Gasteiger partial charge is 0.504 e. The van der Waals surface area contributed by atoms with E-state index in [1.165, 1.54) is 24.0 Å². The summed E-state index contributed by atoms with van der Waals surface area (Å²) in [6.45, 7) is 2.22. The number of rotatable bonds is 3. The van der Waals surface area contributed by atoms with Gasteiger partial charge in [0.25, 0.3) is 0 Å². The van der Waals surface area contributed by atoms with Crippen molar-refractivity contribution in [1.29, 1.82) is 0 Å². The lowest BCUT2D eigenvalue weighted by Gasteiger charge is -2.25. The monoisotopic (exact) mass is 253 g/mol. The van der Waals surface area contributed by atoms with E-state index in [-0.39, 0.29) is 12.4 Å². The molecule has 1 fully saturated rings. The maximum Gasteiger partial charge on any atom is 0.0865 e. The molecule has 1 saturated heterocycles. The van der Waals surface area contributed by atoms with Crippen molar-refractivity contribution in [2.75, 3.05) is 20.2 Å². The second-order valence-electron chi connectivity index (χ2n) is 4.20. The quantitative estimate of drug-likeness (QED) is 0.836. The summed E-state index contributed by atoms with van der Waals surface area (Å²) < 4.78 is 5.23. The lowest BCUT2D eigenvalue weighted by Crippen LogP contribution is -2.28. The Bertz CT molecular complexity index is 344. The minimum Gasteiger partial charge on any atom is -0.504 e. The third-order valence-corrected chi connectivity index (χ3v) is 3.13. The molecule has 1 aromatic carbocycles. The zero-order valence-corrected chi connectivity index (χ0v) is 11.0. The van der Waals surface area contributed by atoms with Crippen molar-refractivity contribution in [3.63, 3.8) is 0 Å². The number of methoxy groups -OCH3 is 1. The zero-order valence-electron chi connectivity index (χ0n) is 10.2.